The quantitative estimate of drug-likeness (QED) is 0.552. The highest BCUT2D eigenvalue weighted by Gasteiger charge is 2.42. The third-order valence-corrected chi connectivity index (χ3v) is 3.37. The van der Waals surface area contributed by atoms with E-state index in [2.05, 4.69) is 17.1 Å². The van der Waals surface area contributed by atoms with Crippen LogP contribution in [0, 0.1) is 0 Å². The molecule has 48 valence electrons. The highest BCUT2D eigenvalue weighted by molar-refractivity contribution is 8.02. The van der Waals surface area contributed by atoms with E-state index in [0.717, 1.165) is 4.75 Å². The van der Waals surface area contributed by atoms with Crippen molar-refractivity contribution in [1.29, 1.82) is 0 Å². The minimum absolute atomic E-state index is 0. The molecule has 0 aromatic carbocycles. The normalized spacial score (nSPS) is 30.0. The van der Waals surface area contributed by atoms with Crippen molar-refractivity contribution >= 4 is 24.2 Å². The van der Waals surface area contributed by atoms with Gasteiger partial charge in [0.2, 0.25) is 0 Å². The second kappa shape index (κ2) is 2.09. The molecule has 2 aliphatic heterocycles. The van der Waals surface area contributed by atoms with Crippen molar-refractivity contribution in [2.75, 3.05) is 18.8 Å². The lowest BCUT2D eigenvalue weighted by molar-refractivity contribution is 0.364. The summed E-state index contributed by atoms with van der Waals surface area (Å²) < 4.78 is 0.750. The summed E-state index contributed by atoms with van der Waals surface area (Å²) in [5.74, 6) is 1.40. The van der Waals surface area contributed by atoms with Crippen LogP contribution in [0.25, 0.3) is 0 Å². The maximum atomic E-state index is 3.28. The zero-order valence-electron chi connectivity index (χ0n) is 4.64. The van der Waals surface area contributed by atoms with Gasteiger partial charge in [0.25, 0.3) is 0 Å². The fourth-order valence-electron chi connectivity index (χ4n) is 1.07. The molecule has 8 heavy (non-hydrogen) atoms. The van der Waals surface area contributed by atoms with Gasteiger partial charge in [-0.05, 0) is 12.2 Å². The van der Waals surface area contributed by atoms with Crippen LogP contribution in [0.15, 0.2) is 0 Å². The molecule has 2 heterocycles. The Morgan fingerprint density at radius 2 is 2.00 bits per heavy atom. The Morgan fingerprint density at radius 3 is 2.00 bits per heavy atom. The van der Waals surface area contributed by atoms with Crippen LogP contribution >= 0.6 is 24.2 Å². The minimum atomic E-state index is 0. The first-order valence-corrected chi connectivity index (χ1v) is 3.75. The van der Waals surface area contributed by atoms with Crippen molar-refractivity contribution < 1.29 is 0 Å². The second-order valence-electron chi connectivity index (χ2n) is 2.39. The molecule has 0 aliphatic carbocycles. The molecule has 3 heteroatoms. The largest absolute Gasteiger partial charge is 0.314 e. The highest BCUT2D eigenvalue weighted by Crippen LogP contribution is 2.43. The van der Waals surface area contributed by atoms with Crippen molar-refractivity contribution in [3.63, 3.8) is 0 Å². The van der Waals surface area contributed by atoms with Crippen molar-refractivity contribution in [3.05, 3.63) is 0 Å². The van der Waals surface area contributed by atoms with Gasteiger partial charge in [0.05, 0.1) is 0 Å². The molecular weight excluding hydrogens is 142 g/mol. The van der Waals surface area contributed by atoms with Crippen LogP contribution in [0.5, 0.6) is 0 Å². The third kappa shape index (κ3) is 0.751. The van der Waals surface area contributed by atoms with E-state index < -0.39 is 0 Å². The molecule has 0 amide bonds. The van der Waals surface area contributed by atoms with Crippen LogP contribution in [-0.4, -0.2) is 23.6 Å². The topological polar surface area (TPSA) is 12.0 Å². The molecular formula is C5H10ClNS. The molecule has 0 unspecified atom stereocenters. The van der Waals surface area contributed by atoms with Crippen LogP contribution < -0.4 is 5.32 Å². The van der Waals surface area contributed by atoms with Gasteiger partial charge < -0.3 is 5.32 Å². The Balaban J connectivity index is 0.000000320. The van der Waals surface area contributed by atoms with Crippen molar-refractivity contribution in [1.82, 2.24) is 5.32 Å². The van der Waals surface area contributed by atoms with Crippen molar-refractivity contribution in [2.24, 2.45) is 0 Å². The molecule has 2 saturated heterocycles. The maximum absolute atomic E-state index is 3.28. The van der Waals surface area contributed by atoms with E-state index in [9.17, 15) is 0 Å². The molecule has 0 radical (unpaired) electrons. The molecule has 2 fully saturated rings. The van der Waals surface area contributed by atoms with Gasteiger partial charge in [-0.25, -0.2) is 0 Å². The molecule has 1 nitrogen and oxygen atoms in total. The Labute approximate surface area is 60.0 Å². The monoisotopic (exact) mass is 151 g/mol. The predicted octanol–water partition coefficient (Wildman–Crippen LogP) is 0.887. The number of thioether (sulfide) groups is 1. The zero-order chi connectivity index (χ0) is 4.74. The van der Waals surface area contributed by atoms with Gasteiger partial charge in [-0.1, -0.05) is 0 Å². The van der Waals surface area contributed by atoms with E-state index in [1.54, 1.807) is 0 Å². The van der Waals surface area contributed by atoms with E-state index in [0.29, 0.717) is 0 Å². The molecule has 0 aromatic rings. The van der Waals surface area contributed by atoms with E-state index in [1.807, 2.05) is 0 Å². The lowest BCUT2D eigenvalue weighted by Crippen LogP contribution is -2.61. The minimum Gasteiger partial charge on any atom is -0.314 e. The van der Waals surface area contributed by atoms with Crippen LogP contribution in [0.1, 0.15) is 6.42 Å². The van der Waals surface area contributed by atoms with Crippen molar-refractivity contribution in [3.8, 4) is 0 Å². The summed E-state index contributed by atoms with van der Waals surface area (Å²) in [6.07, 6.45) is 1.46. The maximum Gasteiger partial charge on any atom is 0.0416 e. The van der Waals surface area contributed by atoms with Gasteiger partial charge in [0.1, 0.15) is 0 Å². The Kier molecular flexibility index (Phi) is 1.75. The summed E-state index contributed by atoms with van der Waals surface area (Å²) in [7, 11) is 0. The lowest BCUT2D eigenvalue weighted by atomic mass is 9.98. The van der Waals surface area contributed by atoms with E-state index in [4.69, 9.17) is 0 Å². The fraction of sp³-hybridized carbons (Fsp3) is 1.00. The molecule has 0 aromatic heterocycles. The summed E-state index contributed by atoms with van der Waals surface area (Å²) in [5.41, 5.74) is 0. The smallest absolute Gasteiger partial charge is 0.0416 e. The molecule has 1 N–H and O–H groups in total. The van der Waals surface area contributed by atoms with Gasteiger partial charge in [0, 0.05) is 17.8 Å². The first-order chi connectivity index (χ1) is 3.41. The number of hydrogen-bond acceptors (Lipinski definition) is 2. The first-order valence-electron chi connectivity index (χ1n) is 2.76. The van der Waals surface area contributed by atoms with Crippen molar-refractivity contribution in [2.45, 2.75) is 11.2 Å². The first kappa shape index (κ1) is 6.72. The second-order valence-corrected chi connectivity index (χ2v) is 3.95. The van der Waals surface area contributed by atoms with Crippen LogP contribution in [0.3, 0.4) is 0 Å². The van der Waals surface area contributed by atoms with Gasteiger partial charge in [-0.2, -0.15) is 11.8 Å². The Morgan fingerprint density at radius 1 is 1.38 bits per heavy atom. The predicted molar refractivity (Wildman–Crippen MR) is 39.9 cm³/mol. The van der Waals surface area contributed by atoms with Gasteiger partial charge in [-0.15, -0.1) is 12.4 Å². The average molecular weight is 152 g/mol. The number of nitrogens with one attached hydrogen (secondary N) is 1. The van der Waals surface area contributed by atoms with Crippen LogP contribution in [0.4, 0.5) is 0 Å². The Bertz CT molecular complexity index is 72.9. The summed E-state index contributed by atoms with van der Waals surface area (Å²) in [4.78, 5) is 0. The number of hydrogen-bond donors (Lipinski definition) is 1. The van der Waals surface area contributed by atoms with E-state index in [-0.39, 0.29) is 12.4 Å². The molecule has 0 saturated carbocycles. The molecule has 0 atom stereocenters. The molecule has 2 aliphatic rings. The summed E-state index contributed by atoms with van der Waals surface area (Å²) >= 11 is 2.13. The standard InChI is InChI=1S/C5H9NS.ClH/c1-2-7-5(1)3-6-4-5;/h6H,1-4H2;1H. The summed E-state index contributed by atoms with van der Waals surface area (Å²) in [6, 6.07) is 0. The van der Waals surface area contributed by atoms with E-state index >= 15 is 0 Å². The zero-order valence-corrected chi connectivity index (χ0v) is 6.28. The van der Waals surface area contributed by atoms with Crippen LogP contribution in [-0.2, 0) is 0 Å². The molecule has 0 bridgehead atoms. The third-order valence-electron chi connectivity index (χ3n) is 1.86. The number of halogens is 1. The number of rotatable bonds is 0. The molecule has 1 spiro atoms. The fourth-order valence-corrected chi connectivity index (χ4v) is 2.26. The highest BCUT2D eigenvalue weighted by atomic mass is 35.5. The van der Waals surface area contributed by atoms with Gasteiger partial charge in [-0.3, -0.25) is 0 Å². The SMILES string of the molecule is C1CC2(CNC2)S1.Cl. The van der Waals surface area contributed by atoms with E-state index in [1.165, 1.54) is 25.3 Å². The summed E-state index contributed by atoms with van der Waals surface area (Å²) in [5, 5.41) is 3.28. The Hall–Kier alpha value is 0.600. The van der Waals surface area contributed by atoms with Gasteiger partial charge >= 0.3 is 0 Å². The average Bonchev–Trinajstić information content (AvgIpc) is 1.20. The summed E-state index contributed by atoms with van der Waals surface area (Å²) in [6.45, 7) is 2.55. The van der Waals surface area contributed by atoms with Gasteiger partial charge in [0.15, 0.2) is 0 Å². The van der Waals surface area contributed by atoms with Crippen LogP contribution in [0.2, 0.25) is 0 Å². The lowest BCUT2D eigenvalue weighted by Gasteiger charge is -2.48. The molecule has 2 rings (SSSR count).